The third-order valence-corrected chi connectivity index (χ3v) is 4.08. The maximum Gasteiger partial charge on any atom is 0.124 e. The molecule has 0 bridgehead atoms. The zero-order chi connectivity index (χ0) is 16.7. The zero-order valence-electron chi connectivity index (χ0n) is 14.1. The summed E-state index contributed by atoms with van der Waals surface area (Å²) in [5.41, 5.74) is 3.62. The van der Waals surface area contributed by atoms with Gasteiger partial charge in [0.2, 0.25) is 0 Å². The molecule has 0 spiro atoms. The molecule has 0 unspecified atom stereocenters. The third-order valence-electron chi connectivity index (χ3n) is 3.59. The Kier molecular flexibility index (Phi) is 7.09. The Bertz CT molecular complexity index is 611. The smallest absolute Gasteiger partial charge is 0.124 e. The van der Waals surface area contributed by atoms with Gasteiger partial charge >= 0.3 is 0 Å². The van der Waals surface area contributed by atoms with Gasteiger partial charge in [-0.2, -0.15) is 0 Å². The van der Waals surface area contributed by atoms with Gasteiger partial charge < -0.3 is 15.0 Å². The highest BCUT2D eigenvalue weighted by molar-refractivity contribution is 9.10. The average molecular weight is 377 g/mol. The molecule has 2 rings (SSSR count). The van der Waals surface area contributed by atoms with E-state index in [4.69, 9.17) is 4.74 Å². The highest BCUT2D eigenvalue weighted by Crippen LogP contribution is 2.24. The lowest BCUT2D eigenvalue weighted by atomic mass is 10.1. The molecule has 0 heterocycles. The van der Waals surface area contributed by atoms with Crippen LogP contribution in [-0.2, 0) is 13.2 Å². The summed E-state index contributed by atoms with van der Waals surface area (Å²) < 4.78 is 7.10. The molecule has 0 fully saturated rings. The number of aryl methyl sites for hydroxylation is 1. The lowest BCUT2D eigenvalue weighted by Gasteiger charge is -2.14. The Hall–Kier alpha value is -1.36. The predicted molar refractivity (Wildman–Crippen MR) is 99.9 cm³/mol. The third kappa shape index (κ3) is 6.34. The van der Waals surface area contributed by atoms with Crippen LogP contribution >= 0.6 is 15.9 Å². The van der Waals surface area contributed by atoms with Crippen molar-refractivity contribution in [2.24, 2.45) is 0 Å². The fourth-order valence-corrected chi connectivity index (χ4v) is 2.61. The van der Waals surface area contributed by atoms with Crippen molar-refractivity contribution in [1.29, 1.82) is 0 Å². The van der Waals surface area contributed by atoms with Crippen molar-refractivity contribution in [3.8, 4) is 5.75 Å². The fraction of sp³-hybridized carbons (Fsp3) is 0.368. The highest BCUT2D eigenvalue weighted by atomic mass is 79.9. The van der Waals surface area contributed by atoms with Crippen LogP contribution in [0.5, 0.6) is 5.75 Å². The van der Waals surface area contributed by atoms with Crippen molar-refractivity contribution in [3.63, 3.8) is 0 Å². The van der Waals surface area contributed by atoms with Gasteiger partial charge in [-0.05, 0) is 44.8 Å². The van der Waals surface area contributed by atoms with Gasteiger partial charge in [0.15, 0.2) is 0 Å². The molecular formula is C19H25BrN2O. The molecular weight excluding hydrogens is 352 g/mol. The second kappa shape index (κ2) is 9.06. The van der Waals surface area contributed by atoms with Crippen LogP contribution in [0.3, 0.4) is 0 Å². The molecule has 3 nitrogen and oxygen atoms in total. The quantitative estimate of drug-likeness (QED) is 0.704. The number of hydrogen-bond donors (Lipinski definition) is 1. The molecule has 0 atom stereocenters. The van der Waals surface area contributed by atoms with E-state index in [1.165, 1.54) is 16.7 Å². The van der Waals surface area contributed by atoms with E-state index in [1.807, 2.05) is 12.1 Å². The van der Waals surface area contributed by atoms with Crippen molar-refractivity contribution in [3.05, 3.63) is 63.6 Å². The van der Waals surface area contributed by atoms with Crippen LogP contribution in [0.1, 0.15) is 16.7 Å². The summed E-state index contributed by atoms with van der Waals surface area (Å²) in [5.74, 6) is 0.936. The van der Waals surface area contributed by atoms with Crippen molar-refractivity contribution in [1.82, 2.24) is 10.2 Å². The van der Waals surface area contributed by atoms with Crippen LogP contribution in [0.25, 0.3) is 0 Å². The van der Waals surface area contributed by atoms with Crippen LogP contribution < -0.4 is 10.1 Å². The molecule has 0 saturated carbocycles. The Morgan fingerprint density at radius 3 is 2.52 bits per heavy atom. The number of ether oxygens (including phenoxy) is 1. The number of nitrogens with zero attached hydrogens (tertiary/aromatic N) is 1. The molecule has 0 amide bonds. The van der Waals surface area contributed by atoms with Crippen LogP contribution in [0, 0.1) is 6.92 Å². The van der Waals surface area contributed by atoms with Gasteiger partial charge in [-0.1, -0.05) is 45.8 Å². The second-order valence-electron chi connectivity index (χ2n) is 6.01. The van der Waals surface area contributed by atoms with Crippen molar-refractivity contribution >= 4 is 15.9 Å². The van der Waals surface area contributed by atoms with E-state index in [2.05, 4.69) is 77.5 Å². The predicted octanol–water partition coefficient (Wildman–Crippen LogP) is 3.99. The minimum atomic E-state index is 0.590. The SMILES string of the molecule is Cc1ccc(COc2ccc(Br)cc2CNCCN(C)C)cc1. The van der Waals surface area contributed by atoms with Crippen molar-refractivity contribution < 1.29 is 4.74 Å². The molecule has 0 aliphatic heterocycles. The molecule has 0 aliphatic carbocycles. The van der Waals surface area contributed by atoms with E-state index < -0.39 is 0 Å². The Labute approximate surface area is 147 Å². The van der Waals surface area contributed by atoms with Gasteiger partial charge in [0.1, 0.15) is 12.4 Å². The van der Waals surface area contributed by atoms with Crippen LogP contribution in [-0.4, -0.2) is 32.1 Å². The number of nitrogens with one attached hydrogen (secondary N) is 1. The largest absolute Gasteiger partial charge is 0.489 e. The molecule has 2 aromatic carbocycles. The maximum absolute atomic E-state index is 6.02. The van der Waals surface area contributed by atoms with Gasteiger partial charge in [0.25, 0.3) is 0 Å². The van der Waals surface area contributed by atoms with Crippen LogP contribution in [0.2, 0.25) is 0 Å². The van der Waals surface area contributed by atoms with Gasteiger partial charge in [0, 0.05) is 29.7 Å². The summed E-state index contributed by atoms with van der Waals surface area (Å²) in [6.45, 7) is 5.46. The first-order chi connectivity index (χ1) is 11.0. The van der Waals surface area contributed by atoms with Gasteiger partial charge in [-0.3, -0.25) is 0 Å². The highest BCUT2D eigenvalue weighted by Gasteiger charge is 2.05. The minimum absolute atomic E-state index is 0.590. The molecule has 1 N–H and O–H groups in total. The summed E-state index contributed by atoms with van der Waals surface area (Å²) in [4.78, 5) is 2.17. The van der Waals surface area contributed by atoms with Gasteiger partial charge in [-0.15, -0.1) is 0 Å². The molecule has 2 aromatic rings. The monoisotopic (exact) mass is 376 g/mol. The standard InChI is InChI=1S/C19H25BrN2O/c1-15-4-6-16(7-5-15)14-23-19-9-8-18(20)12-17(19)13-21-10-11-22(2)3/h4-9,12,21H,10-11,13-14H2,1-3H3. The first-order valence-corrected chi connectivity index (χ1v) is 8.66. The summed E-state index contributed by atoms with van der Waals surface area (Å²) in [5, 5.41) is 3.46. The summed E-state index contributed by atoms with van der Waals surface area (Å²) in [6, 6.07) is 14.6. The van der Waals surface area contributed by atoms with E-state index in [0.717, 1.165) is 29.9 Å². The molecule has 0 aliphatic rings. The second-order valence-corrected chi connectivity index (χ2v) is 6.92. The summed E-state index contributed by atoms with van der Waals surface area (Å²) >= 11 is 3.54. The van der Waals surface area contributed by atoms with Crippen LogP contribution in [0.4, 0.5) is 0 Å². The Balaban J connectivity index is 1.95. The van der Waals surface area contributed by atoms with Gasteiger partial charge in [-0.25, -0.2) is 0 Å². The first-order valence-electron chi connectivity index (χ1n) is 7.87. The van der Waals surface area contributed by atoms with E-state index >= 15 is 0 Å². The molecule has 0 radical (unpaired) electrons. The van der Waals surface area contributed by atoms with Gasteiger partial charge in [0.05, 0.1) is 0 Å². The summed E-state index contributed by atoms with van der Waals surface area (Å²) in [6.07, 6.45) is 0. The zero-order valence-corrected chi connectivity index (χ0v) is 15.7. The summed E-state index contributed by atoms with van der Waals surface area (Å²) in [7, 11) is 4.16. The number of halogens is 1. The molecule has 23 heavy (non-hydrogen) atoms. The number of hydrogen-bond acceptors (Lipinski definition) is 3. The van der Waals surface area contributed by atoms with E-state index in [1.54, 1.807) is 0 Å². The lowest BCUT2D eigenvalue weighted by Crippen LogP contribution is -2.26. The Morgan fingerprint density at radius 1 is 1.09 bits per heavy atom. The minimum Gasteiger partial charge on any atom is -0.489 e. The van der Waals surface area contributed by atoms with E-state index in [-0.39, 0.29) is 0 Å². The molecule has 124 valence electrons. The van der Waals surface area contributed by atoms with E-state index in [9.17, 15) is 0 Å². The number of benzene rings is 2. The molecule has 4 heteroatoms. The normalized spacial score (nSPS) is 11.0. The molecule has 0 saturated heterocycles. The van der Waals surface area contributed by atoms with Crippen molar-refractivity contribution in [2.45, 2.75) is 20.1 Å². The fourth-order valence-electron chi connectivity index (χ4n) is 2.20. The number of likely N-dealkylation sites (N-methyl/N-ethyl adjacent to an activating group) is 1. The maximum atomic E-state index is 6.02. The molecule has 0 aromatic heterocycles. The van der Waals surface area contributed by atoms with Crippen molar-refractivity contribution in [2.75, 3.05) is 27.2 Å². The lowest BCUT2D eigenvalue weighted by molar-refractivity contribution is 0.301. The average Bonchev–Trinajstić information content (AvgIpc) is 2.52. The van der Waals surface area contributed by atoms with Crippen LogP contribution in [0.15, 0.2) is 46.9 Å². The Morgan fingerprint density at radius 2 is 1.83 bits per heavy atom. The first kappa shape index (κ1) is 18.0. The van der Waals surface area contributed by atoms with E-state index in [0.29, 0.717) is 6.61 Å². The number of rotatable bonds is 8. The topological polar surface area (TPSA) is 24.5 Å².